The Balaban J connectivity index is 1.99. The molecule has 0 saturated carbocycles. The maximum absolute atomic E-state index is 12.8. The number of nitrogens with zero attached hydrogens (tertiary/aromatic N) is 5. The molecule has 0 aliphatic carbocycles. The van der Waals surface area contributed by atoms with E-state index in [0.29, 0.717) is 71.7 Å². The van der Waals surface area contributed by atoms with E-state index in [0.717, 1.165) is 0 Å². The van der Waals surface area contributed by atoms with E-state index in [2.05, 4.69) is 0 Å². The molecular formula is C24H39N5O9. The van der Waals surface area contributed by atoms with Crippen molar-refractivity contribution in [3.05, 3.63) is 0 Å². The van der Waals surface area contributed by atoms with E-state index < -0.39 is 5.97 Å². The van der Waals surface area contributed by atoms with Crippen LogP contribution in [0.25, 0.3) is 0 Å². The fraction of sp³-hybridized carbons (Fsp3) is 0.750. The smallest absolute Gasteiger partial charge is 0.317 e. The first-order chi connectivity index (χ1) is 18.2. The predicted octanol–water partition coefficient (Wildman–Crippen LogP) is -1.70. The van der Waals surface area contributed by atoms with E-state index >= 15 is 0 Å². The molecule has 0 spiro atoms. The molecule has 2 heterocycles. The number of imide groups is 1. The molecule has 1 N–H and O–H groups in total. The number of carboxylic acids is 1. The summed E-state index contributed by atoms with van der Waals surface area (Å²) in [6, 6.07) is 0. The van der Waals surface area contributed by atoms with Crippen LogP contribution in [0.15, 0.2) is 0 Å². The van der Waals surface area contributed by atoms with Gasteiger partial charge in [-0.2, -0.15) is 0 Å². The van der Waals surface area contributed by atoms with Gasteiger partial charge in [-0.05, 0) is 6.42 Å². The van der Waals surface area contributed by atoms with Crippen LogP contribution < -0.4 is 0 Å². The van der Waals surface area contributed by atoms with Crippen LogP contribution in [0.4, 0.5) is 0 Å². The average molecular weight is 542 g/mol. The Hall–Kier alpha value is -2.94. The summed E-state index contributed by atoms with van der Waals surface area (Å²) in [5, 5.41) is 9.34. The SMILES string of the molecule is CC1CC(=O)N(CCCC(=O)CN2CCN(COC=O)CCN(COC=O)CCN(CC(=O)O)CC2)C1=O. The van der Waals surface area contributed by atoms with Gasteiger partial charge in [-0.3, -0.25) is 53.3 Å². The molecule has 2 aliphatic rings. The first-order valence-electron chi connectivity index (χ1n) is 12.8. The summed E-state index contributed by atoms with van der Waals surface area (Å²) < 4.78 is 9.83. The van der Waals surface area contributed by atoms with Crippen LogP contribution in [0.3, 0.4) is 0 Å². The predicted molar refractivity (Wildman–Crippen MR) is 132 cm³/mol. The molecule has 2 fully saturated rings. The average Bonchev–Trinajstić information content (AvgIpc) is 3.11. The lowest BCUT2D eigenvalue weighted by atomic mass is 10.1. The van der Waals surface area contributed by atoms with Crippen molar-refractivity contribution in [2.75, 3.05) is 85.5 Å². The van der Waals surface area contributed by atoms with Gasteiger partial charge in [0.1, 0.15) is 19.2 Å². The number of hydrogen-bond donors (Lipinski definition) is 1. The molecule has 2 amide bonds. The number of ketones is 1. The minimum atomic E-state index is -0.965. The summed E-state index contributed by atoms with van der Waals surface area (Å²) in [6.45, 7) is 6.40. The molecule has 0 aromatic heterocycles. The molecule has 214 valence electrons. The van der Waals surface area contributed by atoms with E-state index in [1.165, 1.54) is 4.90 Å². The van der Waals surface area contributed by atoms with Crippen molar-refractivity contribution in [3.63, 3.8) is 0 Å². The number of amides is 2. The van der Waals surface area contributed by atoms with Gasteiger partial charge in [0, 0.05) is 77.7 Å². The highest BCUT2D eigenvalue weighted by molar-refractivity contribution is 6.03. The van der Waals surface area contributed by atoms with Gasteiger partial charge in [-0.25, -0.2) is 0 Å². The number of carbonyl (C=O) groups excluding carboxylic acids is 5. The topological polar surface area (TPSA) is 157 Å². The van der Waals surface area contributed by atoms with Crippen LogP contribution >= 0.6 is 0 Å². The largest absolute Gasteiger partial charge is 0.480 e. The number of rotatable bonds is 14. The summed E-state index contributed by atoms with van der Waals surface area (Å²) in [6.07, 6.45) is 0.810. The van der Waals surface area contributed by atoms with E-state index in [1.807, 2.05) is 14.7 Å². The minimum absolute atomic E-state index is 0.0399. The van der Waals surface area contributed by atoms with Crippen molar-refractivity contribution in [2.24, 2.45) is 5.92 Å². The zero-order valence-corrected chi connectivity index (χ0v) is 22.0. The Labute approximate surface area is 222 Å². The number of likely N-dealkylation sites (tertiary alicyclic amines) is 1. The van der Waals surface area contributed by atoms with Crippen LogP contribution in [0.5, 0.6) is 0 Å². The zero-order chi connectivity index (χ0) is 27.9. The molecule has 2 aliphatic heterocycles. The number of aliphatic carboxylic acids is 1. The van der Waals surface area contributed by atoms with Crippen molar-refractivity contribution in [2.45, 2.75) is 26.2 Å². The highest BCUT2D eigenvalue weighted by atomic mass is 16.5. The van der Waals surface area contributed by atoms with Gasteiger partial charge in [0.15, 0.2) is 0 Å². The maximum atomic E-state index is 12.8. The molecule has 2 rings (SSSR count). The molecule has 2 saturated heterocycles. The minimum Gasteiger partial charge on any atom is -0.480 e. The number of Topliss-reactive ketones (excluding diaryl/α,β-unsaturated/α-hetero) is 1. The van der Waals surface area contributed by atoms with Crippen LogP contribution in [-0.2, 0) is 38.2 Å². The van der Waals surface area contributed by atoms with E-state index in [4.69, 9.17) is 9.47 Å². The fourth-order valence-electron chi connectivity index (χ4n) is 4.46. The molecule has 1 atom stereocenters. The summed E-state index contributed by atoms with van der Waals surface area (Å²) in [7, 11) is 0. The van der Waals surface area contributed by atoms with Crippen molar-refractivity contribution in [1.82, 2.24) is 24.5 Å². The van der Waals surface area contributed by atoms with Crippen molar-refractivity contribution in [3.8, 4) is 0 Å². The third kappa shape index (κ3) is 11.2. The Bertz CT molecular complexity index is 827. The van der Waals surface area contributed by atoms with E-state index in [1.54, 1.807) is 11.8 Å². The van der Waals surface area contributed by atoms with E-state index in [9.17, 15) is 33.9 Å². The molecule has 14 heteroatoms. The second-order valence-corrected chi connectivity index (χ2v) is 9.60. The summed E-state index contributed by atoms with van der Waals surface area (Å²) in [4.78, 5) is 78.3. The molecule has 0 bridgehead atoms. The highest BCUT2D eigenvalue weighted by Gasteiger charge is 2.35. The van der Waals surface area contributed by atoms with Gasteiger partial charge in [0.05, 0.1) is 13.1 Å². The second-order valence-electron chi connectivity index (χ2n) is 9.60. The van der Waals surface area contributed by atoms with Crippen LogP contribution in [0.2, 0.25) is 0 Å². The Kier molecular flexibility index (Phi) is 13.8. The van der Waals surface area contributed by atoms with Crippen LogP contribution in [0, 0.1) is 5.92 Å². The number of carbonyl (C=O) groups is 6. The standard InChI is InChI=1S/C24H39N5O9/c1-20-13-22(33)29(24(20)36)4-2-3-21(32)14-25-5-6-26(15-23(34)35)8-10-28(17-38-19-31)12-11-27(9-7-25)16-37-18-30/h18-20H,2-17H2,1H3,(H,34,35). The van der Waals surface area contributed by atoms with Gasteiger partial charge in [-0.15, -0.1) is 0 Å². The molecular weight excluding hydrogens is 502 g/mol. The van der Waals surface area contributed by atoms with Gasteiger partial charge >= 0.3 is 5.97 Å². The normalized spacial score (nSPS) is 21.5. The van der Waals surface area contributed by atoms with Crippen molar-refractivity contribution >= 4 is 36.5 Å². The molecule has 0 aromatic carbocycles. The number of hydrogen-bond acceptors (Lipinski definition) is 12. The van der Waals surface area contributed by atoms with Crippen molar-refractivity contribution in [1.29, 1.82) is 0 Å². The lowest BCUT2D eigenvalue weighted by molar-refractivity contribution is -0.140. The maximum Gasteiger partial charge on any atom is 0.317 e. The fourth-order valence-corrected chi connectivity index (χ4v) is 4.46. The third-order valence-electron chi connectivity index (χ3n) is 6.65. The lowest BCUT2D eigenvalue weighted by Gasteiger charge is -2.33. The van der Waals surface area contributed by atoms with Crippen LogP contribution in [0.1, 0.15) is 26.2 Å². The van der Waals surface area contributed by atoms with Crippen LogP contribution in [-0.4, -0.2) is 152 Å². The molecule has 14 nitrogen and oxygen atoms in total. The number of carboxylic acid groups (broad SMARTS) is 1. The van der Waals surface area contributed by atoms with Gasteiger partial charge in [0.25, 0.3) is 12.9 Å². The van der Waals surface area contributed by atoms with Gasteiger partial charge < -0.3 is 14.6 Å². The molecule has 0 radical (unpaired) electrons. The summed E-state index contributed by atoms with van der Waals surface area (Å²) in [5.41, 5.74) is 0. The van der Waals surface area contributed by atoms with Gasteiger partial charge in [0.2, 0.25) is 11.8 Å². The van der Waals surface area contributed by atoms with E-state index in [-0.39, 0.29) is 69.5 Å². The lowest BCUT2D eigenvalue weighted by Crippen LogP contribution is -2.48. The Morgan fingerprint density at radius 2 is 1.32 bits per heavy atom. The number of ether oxygens (including phenoxy) is 2. The molecule has 1 unspecified atom stereocenters. The Morgan fingerprint density at radius 1 is 0.842 bits per heavy atom. The second kappa shape index (κ2) is 16.8. The van der Waals surface area contributed by atoms with Crippen molar-refractivity contribution < 1.29 is 43.3 Å². The summed E-state index contributed by atoms with van der Waals surface area (Å²) in [5.74, 6) is -1.72. The molecule has 38 heavy (non-hydrogen) atoms. The highest BCUT2D eigenvalue weighted by Crippen LogP contribution is 2.19. The first kappa shape index (κ1) is 31.3. The Morgan fingerprint density at radius 3 is 1.74 bits per heavy atom. The first-order valence-corrected chi connectivity index (χ1v) is 12.8. The third-order valence-corrected chi connectivity index (χ3v) is 6.65. The zero-order valence-electron chi connectivity index (χ0n) is 22.0. The van der Waals surface area contributed by atoms with Gasteiger partial charge in [-0.1, -0.05) is 6.92 Å². The molecule has 0 aromatic rings. The quantitative estimate of drug-likeness (QED) is 0.196. The summed E-state index contributed by atoms with van der Waals surface area (Å²) >= 11 is 0. The monoisotopic (exact) mass is 541 g/mol.